The van der Waals surface area contributed by atoms with Crippen LogP contribution in [-0.4, -0.2) is 22.6 Å². The van der Waals surface area contributed by atoms with Crippen LogP contribution in [-0.2, 0) is 11.3 Å². The Balaban J connectivity index is 1.90. The Kier molecular flexibility index (Phi) is 6.26. The Morgan fingerprint density at radius 2 is 1.88 bits per heavy atom. The van der Waals surface area contributed by atoms with Gasteiger partial charge < -0.3 is 14.8 Å². The Morgan fingerprint density at radius 3 is 2.44 bits per heavy atom. The van der Waals surface area contributed by atoms with Gasteiger partial charge in [0.2, 0.25) is 5.88 Å². The fourth-order valence-corrected chi connectivity index (χ4v) is 2.19. The highest BCUT2D eigenvalue weighted by Crippen LogP contribution is 2.21. The number of carbonyl (C=O) groups excluding carboxylic acids is 1. The molecule has 2 aromatic rings. The number of rotatable bonds is 7. The molecule has 1 aromatic carbocycles. The van der Waals surface area contributed by atoms with Gasteiger partial charge in [-0.25, -0.2) is 4.98 Å². The Labute approximate surface area is 153 Å². The van der Waals surface area contributed by atoms with Gasteiger partial charge in [-0.2, -0.15) is 0 Å². The van der Waals surface area contributed by atoms with E-state index in [1.165, 1.54) is 0 Å². The van der Waals surface area contributed by atoms with Gasteiger partial charge >= 0.3 is 0 Å². The smallest absolute Gasteiger partial charge is 0.263 e. The fourth-order valence-electron chi connectivity index (χ4n) is 2.07. The SMILES string of the molecule is CC(C)Oc1ccc(CNC(=O)C(C)(C)Oc2ccc(Cl)cc2)cn1. The average molecular weight is 363 g/mol. The summed E-state index contributed by atoms with van der Waals surface area (Å²) < 4.78 is 11.3. The molecule has 134 valence electrons. The normalized spacial score (nSPS) is 11.3. The van der Waals surface area contributed by atoms with E-state index in [4.69, 9.17) is 21.1 Å². The number of hydrogen-bond acceptors (Lipinski definition) is 4. The minimum atomic E-state index is -1.01. The molecule has 25 heavy (non-hydrogen) atoms. The molecule has 5 nitrogen and oxygen atoms in total. The summed E-state index contributed by atoms with van der Waals surface area (Å²) in [7, 11) is 0. The van der Waals surface area contributed by atoms with E-state index in [1.54, 1.807) is 50.4 Å². The lowest BCUT2D eigenvalue weighted by Gasteiger charge is -2.25. The van der Waals surface area contributed by atoms with Gasteiger partial charge in [0, 0.05) is 23.8 Å². The summed E-state index contributed by atoms with van der Waals surface area (Å²) in [5.74, 6) is 0.933. The number of ether oxygens (including phenoxy) is 2. The summed E-state index contributed by atoms with van der Waals surface area (Å²) in [6.45, 7) is 7.68. The Bertz CT molecular complexity index is 698. The number of carbonyl (C=O) groups is 1. The molecule has 0 aliphatic heterocycles. The maximum Gasteiger partial charge on any atom is 0.263 e. The maximum atomic E-state index is 12.4. The van der Waals surface area contributed by atoms with Gasteiger partial charge in [-0.15, -0.1) is 0 Å². The van der Waals surface area contributed by atoms with Crippen LogP contribution >= 0.6 is 11.6 Å². The van der Waals surface area contributed by atoms with E-state index < -0.39 is 5.60 Å². The molecule has 0 saturated heterocycles. The molecule has 0 aliphatic rings. The highest BCUT2D eigenvalue weighted by molar-refractivity contribution is 6.30. The number of halogens is 1. The number of amides is 1. The molecule has 0 unspecified atom stereocenters. The quantitative estimate of drug-likeness (QED) is 0.808. The first-order chi connectivity index (χ1) is 11.8. The van der Waals surface area contributed by atoms with Crippen LogP contribution in [0.2, 0.25) is 5.02 Å². The zero-order chi connectivity index (χ0) is 18.4. The molecule has 1 amide bonds. The Hall–Kier alpha value is -2.27. The number of hydrogen-bond donors (Lipinski definition) is 1. The molecule has 0 saturated carbocycles. The monoisotopic (exact) mass is 362 g/mol. The molecule has 6 heteroatoms. The molecule has 0 aliphatic carbocycles. The average Bonchev–Trinajstić information content (AvgIpc) is 2.55. The first-order valence-electron chi connectivity index (χ1n) is 8.11. The van der Waals surface area contributed by atoms with Gasteiger partial charge in [0.1, 0.15) is 5.75 Å². The molecule has 1 N–H and O–H groups in total. The van der Waals surface area contributed by atoms with Crippen molar-refractivity contribution in [3.63, 3.8) is 0 Å². The third kappa shape index (κ3) is 5.94. The van der Waals surface area contributed by atoms with E-state index >= 15 is 0 Å². The standard InChI is InChI=1S/C19H23ClN2O3/c1-13(2)24-17-10-5-14(11-21-17)12-22-18(23)19(3,4)25-16-8-6-15(20)7-9-16/h5-11,13H,12H2,1-4H3,(H,22,23). The summed E-state index contributed by atoms with van der Waals surface area (Å²) in [6.07, 6.45) is 1.76. The third-order valence-electron chi connectivity index (χ3n) is 3.34. The fraction of sp³-hybridized carbons (Fsp3) is 0.368. The number of aromatic nitrogens is 1. The van der Waals surface area contributed by atoms with E-state index in [2.05, 4.69) is 10.3 Å². The molecular formula is C19H23ClN2O3. The predicted octanol–water partition coefficient (Wildman–Crippen LogP) is 4.00. The van der Waals surface area contributed by atoms with Gasteiger partial charge in [-0.1, -0.05) is 17.7 Å². The maximum absolute atomic E-state index is 12.4. The Morgan fingerprint density at radius 1 is 1.20 bits per heavy atom. The van der Waals surface area contributed by atoms with E-state index in [0.29, 0.717) is 23.2 Å². The minimum absolute atomic E-state index is 0.0730. The van der Waals surface area contributed by atoms with Crippen LogP contribution in [0.25, 0.3) is 0 Å². The van der Waals surface area contributed by atoms with Crippen molar-refractivity contribution in [3.8, 4) is 11.6 Å². The lowest BCUT2D eigenvalue weighted by molar-refractivity contribution is -0.134. The first kappa shape index (κ1) is 19.1. The number of nitrogens with one attached hydrogen (secondary N) is 1. The summed E-state index contributed by atoms with van der Waals surface area (Å²) in [4.78, 5) is 16.6. The van der Waals surface area contributed by atoms with Gasteiger partial charge in [0.05, 0.1) is 6.10 Å². The van der Waals surface area contributed by atoms with Crippen molar-refractivity contribution in [2.75, 3.05) is 0 Å². The van der Waals surface area contributed by atoms with Crippen LogP contribution < -0.4 is 14.8 Å². The zero-order valence-corrected chi connectivity index (χ0v) is 15.6. The van der Waals surface area contributed by atoms with Crippen molar-refractivity contribution < 1.29 is 14.3 Å². The summed E-state index contributed by atoms with van der Waals surface area (Å²) in [5.41, 5.74) is -0.131. The van der Waals surface area contributed by atoms with Gasteiger partial charge in [-0.3, -0.25) is 4.79 Å². The molecule has 0 atom stereocenters. The lowest BCUT2D eigenvalue weighted by atomic mass is 10.1. The molecule has 1 aromatic heterocycles. The van der Waals surface area contributed by atoms with E-state index in [9.17, 15) is 4.79 Å². The van der Waals surface area contributed by atoms with Gasteiger partial charge in [0.25, 0.3) is 5.91 Å². The molecule has 0 radical (unpaired) electrons. The molecular weight excluding hydrogens is 340 g/mol. The molecule has 0 bridgehead atoms. The largest absolute Gasteiger partial charge is 0.478 e. The topological polar surface area (TPSA) is 60.5 Å². The van der Waals surface area contributed by atoms with E-state index in [0.717, 1.165) is 5.56 Å². The number of nitrogens with zero attached hydrogens (tertiary/aromatic N) is 1. The van der Waals surface area contributed by atoms with Crippen LogP contribution in [0.1, 0.15) is 33.3 Å². The van der Waals surface area contributed by atoms with Crippen molar-refractivity contribution in [2.45, 2.75) is 45.9 Å². The van der Waals surface area contributed by atoms with Crippen LogP contribution in [0, 0.1) is 0 Å². The van der Waals surface area contributed by atoms with Crippen LogP contribution in [0.3, 0.4) is 0 Å². The second-order valence-corrected chi connectivity index (χ2v) is 6.86. The highest BCUT2D eigenvalue weighted by Gasteiger charge is 2.29. The first-order valence-corrected chi connectivity index (χ1v) is 8.48. The van der Waals surface area contributed by atoms with E-state index in [-0.39, 0.29) is 12.0 Å². The van der Waals surface area contributed by atoms with Gasteiger partial charge in [-0.05, 0) is 57.5 Å². The summed E-state index contributed by atoms with van der Waals surface area (Å²) in [5, 5.41) is 3.48. The second-order valence-electron chi connectivity index (χ2n) is 6.42. The minimum Gasteiger partial charge on any atom is -0.478 e. The summed E-state index contributed by atoms with van der Waals surface area (Å²) in [6, 6.07) is 10.6. The van der Waals surface area contributed by atoms with Crippen molar-refractivity contribution in [1.29, 1.82) is 0 Å². The second kappa shape index (κ2) is 8.21. The third-order valence-corrected chi connectivity index (χ3v) is 3.59. The van der Waals surface area contributed by atoms with Gasteiger partial charge in [0.15, 0.2) is 5.60 Å². The number of pyridine rings is 1. The van der Waals surface area contributed by atoms with Crippen molar-refractivity contribution in [2.24, 2.45) is 0 Å². The molecule has 0 spiro atoms. The van der Waals surface area contributed by atoms with E-state index in [1.807, 2.05) is 19.9 Å². The van der Waals surface area contributed by atoms with Crippen LogP contribution in [0.15, 0.2) is 42.6 Å². The zero-order valence-electron chi connectivity index (χ0n) is 14.9. The highest BCUT2D eigenvalue weighted by atomic mass is 35.5. The van der Waals surface area contributed by atoms with Crippen molar-refractivity contribution in [1.82, 2.24) is 10.3 Å². The van der Waals surface area contributed by atoms with Crippen LogP contribution in [0.5, 0.6) is 11.6 Å². The molecule has 1 heterocycles. The molecule has 2 rings (SSSR count). The number of benzene rings is 1. The lowest BCUT2D eigenvalue weighted by Crippen LogP contribution is -2.46. The van der Waals surface area contributed by atoms with Crippen LogP contribution in [0.4, 0.5) is 0 Å². The summed E-state index contributed by atoms with van der Waals surface area (Å²) >= 11 is 5.85. The van der Waals surface area contributed by atoms with Crippen molar-refractivity contribution >= 4 is 17.5 Å². The predicted molar refractivity (Wildman–Crippen MR) is 98.0 cm³/mol. The molecule has 0 fully saturated rings. The van der Waals surface area contributed by atoms with Crippen molar-refractivity contribution in [3.05, 3.63) is 53.2 Å².